The molecule has 0 aromatic carbocycles. The van der Waals surface area contributed by atoms with E-state index in [1.54, 1.807) is 0 Å². The average molecular weight is 234 g/mol. The molecular formula is C14H22N2O. The maximum absolute atomic E-state index is 5.77. The van der Waals surface area contributed by atoms with Gasteiger partial charge in [-0.05, 0) is 37.9 Å². The van der Waals surface area contributed by atoms with E-state index in [0.29, 0.717) is 12.1 Å². The predicted molar refractivity (Wildman–Crippen MR) is 69.1 cm³/mol. The number of hydrogen-bond donors (Lipinski definition) is 1. The van der Waals surface area contributed by atoms with Crippen LogP contribution in [0.4, 0.5) is 0 Å². The van der Waals surface area contributed by atoms with Crippen molar-refractivity contribution in [2.75, 3.05) is 13.2 Å². The van der Waals surface area contributed by atoms with Crippen LogP contribution in [-0.2, 0) is 11.2 Å². The van der Waals surface area contributed by atoms with Crippen LogP contribution in [0.5, 0.6) is 0 Å². The van der Waals surface area contributed by atoms with Crippen molar-refractivity contribution >= 4 is 0 Å². The summed E-state index contributed by atoms with van der Waals surface area (Å²) in [4.78, 5) is 4.48. The minimum absolute atomic E-state index is 0.359. The predicted octanol–water partition coefficient (Wildman–Crippen LogP) is 2.09. The Morgan fingerprint density at radius 3 is 3.00 bits per heavy atom. The normalized spacial score (nSPS) is 21.6. The van der Waals surface area contributed by atoms with Crippen LogP contribution in [0.25, 0.3) is 0 Å². The van der Waals surface area contributed by atoms with E-state index in [1.807, 2.05) is 6.20 Å². The van der Waals surface area contributed by atoms with E-state index in [0.717, 1.165) is 25.3 Å². The van der Waals surface area contributed by atoms with Gasteiger partial charge in [-0.3, -0.25) is 4.98 Å². The van der Waals surface area contributed by atoms with Crippen molar-refractivity contribution in [2.24, 2.45) is 0 Å². The molecule has 2 rings (SSSR count). The van der Waals surface area contributed by atoms with Gasteiger partial charge in [0.25, 0.3) is 0 Å². The number of hydrogen-bond acceptors (Lipinski definition) is 3. The Morgan fingerprint density at radius 1 is 1.53 bits per heavy atom. The summed E-state index contributed by atoms with van der Waals surface area (Å²) < 4.78 is 5.77. The van der Waals surface area contributed by atoms with Crippen molar-refractivity contribution in [3.05, 3.63) is 29.6 Å². The third kappa shape index (κ3) is 3.51. The summed E-state index contributed by atoms with van der Waals surface area (Å²) in [5.41, 5.74) is 2.36. The lowest BCUT2D eigenvalue weighted by atomic mass is 10.0. The van der Waals surface area contributed by atoms with Gasteiger partial charge in [-0.25, -0.2) is 0 Å². The highest BCUT2D eigenvalue weighted by molar-refractivity contribution is 5.13. The zero-order valence-corrected chi connectivity index (χ0v) is 10.8. The van der Waals surface area contributed by atoms with Crippen molar-refractivity contribution in [1.29, 1.82) is 0 Å². The Labute approximate surface area is 104 Å². The highest BCUT2D eigenvalue weighted by Gasteiger charge is 2.25. The van der Waals surface area contributed by atoms with Gasteiger partial charge in [0.2, 0.25) is 0 Å². The second-order valence-electron chi connectivity index (χ2n) is 4.75. The molecule has 1 aromatic heterocycles. The maximum Gasteiger partial charge on any atom is 0.0732 e. The fourth-order valence-corrected chi connectivity index (χ4v) is 2.36. The summed E-state index contributed by atoms with van der Waals surface area (Å²) >= 11 is 0. The first-order valence-corrected chi connectivity index (χ1v) is 6.56. The Hall–Kier alpha value is -0.930. The molecule has 17 heavy (non-hydrogen) atoms. The molecule has 3 heteroatoms. The Morgan fingerprint density at radius 2 is 2.41 bits per heavy atom. The fourth-order valence-electron chi connectivity index (χ4n) is 2.36. The molecule has 0 spiro atoms. The number of nitrogens with one attached hydrogen (secondary N) is 1. The van der Waals surface area contributed by atoms with Gasteiger partial charge in [0.05, 0.1) is 6.10 Å². The molecule has 2 unspecified atom stereocenters. The molecule has 2 heterocycles. The van der Waals surface area contributed by atoms with Gasteiger partial charge < -0.3 is 10.1 Å². The second-order valence-corrected chi connectivity index (χ2v) is 4.75. The maximum atomic E-state index is 5.77. The fraction of sp³-hybridized carbons (Fsp3) is 0.643. The summed E-state index contributed by atoms with van der Waals surface area (Å²) in [5, 5.41) is 3.52. The molecule has 0 amide bonds. The molecule has 3 nitrogen and oxygen atoms in total. The van der Waals surface area contributed by atoms with E-state index in [2.05, 4.69) is 36.3 Å². The molecule has 0 aliphatic carbocycles. The van der Waals surface area contributed by atoms with Gasteiger partial charge in [0, 0.05) is 31.0 Å². The van der Waals surface area contributed by atoms with Crippen LogP contribution in [0, 0.1) is 6.92 Å². The summed E-state index contributed by atoms with van der Waals surface area (Å²) in [6.45, 7) is 6.10. The molecule has 94 valence electrons. The molecule has 1 fully saturated rings. The van der Waals surface area contributed by atoms with Crippen LogP contribution in [0.15, 0.2) is 18.3 Å². The molecule has 1 N–H and O–H groups in total. The van der Waals surface area contributed by atoms with Gasteiger partial charge >= 0.3 is 0 Å². The smallest absolute Gasteiger partial charge is 0.0732 e. The minimum Gasteiger partial charge on any atom is -0.377 e. The highest BCUT2D eigenvalue weighted by atomic mass is 16.5. The van der Waals surface area contributed by atoms with Crippen molar-refractivity contribution in [1.82, 2.24) is 10.3 Å². The Kier molecular flexibility index (Phi) is 4.51. The van der Waals surface area contributed by atoms with E-state index in [-0.39, 0.29) is 0 Å². The van der Waals surface area contributed by atoms with Gasteiger partial charge in [-0.2, -0.15) is 0 Å². The molecule has 2 atom stereocenters. The number of nitrogens with zero attached hydrogens (tertiary/aromatic N) is 1. The lowest BCUT2D eigenvalue weighted by Crippen LogP contribution is -2.41. The van der Waals surface area contributed by atoms with Crippen LogP contribution in [0.2, 0.25) is 0 Å². The van der Waals surface area contributed by atoms with Crippen molar-refractivity contribution in [3.63, 3.8) is 0 Å². The van der Waals surface area contributed by atoms with Gasteiger partial charge in [-0.1, -0.05) is 13.0 Å². The monoisotopic (exact) mass is 234 g/mol. The number of aromatic nitrogens is 1. The largest absolute Gasteiger partial charge is 0.377 e. The van der Waals surface area contributed by atoms with E-state index in [4.69, 9.17) is 4.74 Å². The van der Waals surface area contributed by atoms with Crippen LogP contribution in [-0.4, -0.2) is 30.3 Å². The topological polar surface area (TPSA) is 34.2 Å². The van der Waals surface area contributed by atoms with E-state index >= 15 is 0 Å². The first-order chi connectivity index (χ1) is 8.29. The van der Waals surface area contributed by atoms with Gasteiger partial charge in [0.15, 0.2) is 0 Å². The minimum atomic E-state index is 0.359. The number of rotatable bonds is 5. The lowest BCUT2D eigenvalue weighted by molar-refractivity contribution is 0.0786. The summed E-state index contributed by atoms with van der Waals surface area (Å²) in [6, 6.07) is 4.65. The van der Waals surface area contributed by atoms with Crippen molar-refractivity contribution in [3.8, 4) is 0 Å². The van der Waals surface area contributed by atoms with Crippen LogP contribution in [0.3, 0.4) is 0 Å². The highest BCUT2D eigenvalue weighted by Crippen LogP contribution is 2.18. The van der Waals surface area contributed by atoms with Gasteiger partial charge in [0.1, 0.15) is 0 Å². The third-order valence-corrected chi connectivity index (χ3v) is 3.28. The van der Waals surface area contributed by atoms with Gasteiger partial charge in [-0.15, -0.1) is 0 Å². The quantitative estimate of drug-likeness (QED) is 0.847. The zero-order chi connectivity index (χ0) is 12.1. The Bertz CT molecular complexity index is 331. The van der Waals surface area contributed by atoms with Crippen LogP contribution >= 0.6 is 0 Å². The Balaban J connectivity index is 1.98. The van der Waals surface area contributed by atoms with E-state index in [9.17, 15) is 0 Å². The molecule has 1 saturated heterocycles. The second kappa shape index (κ2) is 6.12. The van der Waals surface area contributed by atoms with Crippen molar-refractivity contribution in [2.45, 2.75) is 45.3 Å². The van der Waals surface area contributed by atoms with Crippen LogP contribution in [0.1, 0.15) is 31.0 Å². The number of ether oxygens (including phenoxy) is 1. The lowest BCUT2D eigenvalue weighted by Gasteiger charge is -2.23. The standard InChI is InChI=1S/C14H22N2O/c1-3-15-13(14-5-4-8-17-14)9-12-7-6-11(2)10-16-12/h6-7,10,13-15H,3-5,8-9H2,1-2H3. The third-order valence-electron chi connectivity index (χ3n) is 3.28. The van der Waals surface area contributed by atoms with Crippen molar-refractivity contribution < 1.29 is 4.74 Å². The van der Waals surface area contributed by atoms with E-state index < -0.39 is 0 Å². The first-order valence-electron chi connectivity index (χ1n) is 6.56. The van der Waals surface area contributed by atoms with Crippen LogP contribution < -0.4 is 5.32 Å². The number of pyridine rings is 1. The molecule has 0 bridgehead atoms. The molecule has 1 aliphatic rings. The molecule has 0 saturated carbocycles. The molecular weight excluding hydrogens is 212 g/mol. The number of likely N-dealkylation sites (N-methyl/N-ethyl adjacent to an activating group) is 1. The summed E-state index contributed by atoms with van der Waals surface area (Å²) in [6.07, 6.45) is 5.61. The summed E-state index contributed by atoms with van der Waals surface area (Å²) in [7, 11) is 0. The number of aryl methyl sites for hydroxylation is 1. The first kappa shape index (κ1) is 12.5. The molecule has 1 aliphatic heterocycles. The summed E-state index contributed by atoms with van der Waals surface area (Å²) in [5.74, 6) is 0. The molecule has 0 radical (unpaired) electrons. The molecule has 1 aromatic rings. The average Bonchev–Trinajstić information content (AvgIpc) is 2.85. The SMILES string of the molecule is CCNC(Cc1ccc(C)cn1)C1CCCO1. The zero-order valence-electron chi connectivity index (χ0n) is 10.8. The van der Waals surface area contributed by atoms with E-state index in [1.165, 1.54) is 18.4 Å².